The summed E-state index contributed by atoms with van der Waals surface area (Å²) >= 11 is 0. The van der Waals surface area contributed by atoms with E-state index in [1.54, 1.807) is 11.1 Å². The van der Waals surface area contributed by atoms with Crippen LogP contribution in [-0.4, -0.2) is 61.5 Å². The van der Waals surface area contributed by atoms with Crippen LogP contribution in [0.1, 0.15) is 42.9 Å². The van der Waals surface area contributed by atoms with Gasteiger partial charge in [-0.25, -0.2) is 0 Å². The first-order chi connectivity index (χ1) is 10.7. The lowest BCUT2D eigenvalue weighted by molar-refractivity contribution is 0.0822. The molecule has 2 heterocycles. The van der Waals surface area contributed by atoms with E-state index in [9.17, 15) is 0 Å². The van der Waals surface area contributed by atoms with Gasteiger partial charge in [0.05, 0.1) is 0 Å². The van der Waals surface area contributed by atoms with E-state index in [0.717, 1.165) is 0 Å². The third-order valence-corrected chi connectivity index (χ3v) is 5.19. The normalized spacial score (nSPS) is 22.0. The molecule has 1 fully saturated rings. The lowest BCUT2D eigenvalue weighted by Gasteiger charge is -2.37. The topological polar surface area (TPSA) is 9.72 Å². The largest absolute Gasteiger partial charge is 0.309 e. The standard InChI is InChI=1S/C19H31N3/c1-20(2)11-7-3-4-8-12-21-13-14-22-15-17-9-5-6-10-18(17)19(22)16-21/h5-6,9-10,19H,3-4,7-8,11-16H2,1-2H3. The van der Waals surface area contributed by atoms with Gasteiger partial charge in [-0.1, -0.05) is 37.1 Å². The molecule has 0 bridgehead atoms. The van der Waals surface area contributed by atoms with E-state index in [2.05, 4.69) is 53.1 Å². The smallest absolute Gasteiger partial charge is 0.0482 e. The van der Waals surface area contributed by atoms with Crippen LogP contribution in [0.3, 0.4) is 0 Å². The molecule has 0 radical (unpaired) electrons. The highest BCUT2D eigenvalue weighted by Crippen LogP contribution is 2.35. The molecule has 1 saturated heterocycles. The Morgan fingerprint density at radius 1 is 1.05 bits per heavy atom. The number of unbranched alkanes of at least 4 members (excludes halogenated alkanes) is 3. The van der Waals surface area contributed by atoms with E-state index in [1.807, 2.05) is 0 Å². The van der Waals surface area contributed by atoms with Crippen molar-refractivity contribution in [3.8, 4) is 0 Å². The molecule has 22 heavy (non-hydrogen) atoms. The Morgan fingerprint density at radius 2 is 1.86 bits per heavy atom. The van der Waals surface area contributed by atoms with Gasteiger partial charge >= 0.3 is 0 Å². The summed E-state index contributed by atoms with van der Waals surface area (Å²) in [5.74, 6) is 0. The summed E-state index contributed by atoms with van der Waals surface area (Å²) < 4.78 is 0. The molecule has 0 N–H and O–H groups in total. The maximum Gasteiger partial charge on any atom is 0.0482 e. The zero-order chi connectivity index (χ0) is 15.4. The van der Waals surface area contributed by atoms with Crippen LogP contribution in [0.5, 0.6) is 0 Å². The molecule has 3 rings (SSSR count). The van der Waals surface area contributed by atoms with Gasteiger partial charge in [-0.05, 0) is 51.2 Å². The van der Waals surface area contributed by atoms with Crippen molar-refractivity contribution in [3.63, 3.8) is 0 Å². The molecular weight excluding hydrogens is 270 g/mol. The van der Waals surface area contributed by atoms with Gasteiger partial charge in [0.25, 0.3) is 0 Å². The molecule has 0 saturated carbocycles. The van der Waals surface area contributed by atoms with Crippen LogP contribution in [0.15, 0.2) is 24.3 Å². The second-order valence-electron chi connectivity index (χ2n) is 7.20. The summed E-state index contributed by atoms with van der Waals surface area (Å²) in [6.07, 6.45) is 5.47. The van der Waals surface area contributed by atoms with Crippen LogP contribution in [0.2, 0.25) is 0 Å². The van der Waals surface area contributed by atoms with Crippen LogP contribution in [0.4, 0.5) is 0 Å². The van der Waals surface area contributed by atoms with E-state index >= 15 is 0 Å². The van der Waals surface area contributed by atoms with Gasteiger partial charge in [-0.2, -0.15) is 0 Å². The Hall–Kier alpha value is -0.900. The van der Waals surface area contributed by atoms with Gasteiger partial charge in [0.1, 0.15) is 0 Å². The SMILES string of the molecule is CN(C)CCCCCCN1CCN2Cc3ccccc3C2C1. The second-order valence-corrected chi connectivity index (χ2v) is 7.20. The summed E-state index contributed by atoms with van der Waals surface area (Å²) in [5.41, 5.74) is 3.14. The van der Waals surface area contributed by atoms with Crippen molar-refractivity contribution in [2.24, 2.45) is 0 Å². The molecule has 1 aromatic carbocycles. The highest BCUT2D eigenvalue weighted by molar-refractivity contribution is 5.34. The first kappa shape index (κ1) is 16.0. The lowest BCUT2D eigenvalue weighted by atomic mass is 10.0. The number of hydrogen-bond donors (Lipinski definition) is 0. The summed E-state index contributed by atoms with van der Waals surface area (Å²) in [7, 11) is 4.33. The number of hydrogen-bond acceptors (Lipinski definition) is 3. The molecule has 0 spiro atoms. The van der Waals surface area contributed by atoms with Crippen molar-refractivity contribution >= 4 is 0 Å². The third kappa shape index (κ3) is 3.89. The van der Waals surface area contributed by atoms with Crippen molar-refractivity contribution in [2.45, 2.75) is 38.3 Å². The Kier molecular flexibility index (Phi) is 5.51. The first-order valence-corrected chi connectivity index (χ1v) is 8.93. The molecule has 122 valence electrons. The minimum Gasteiger partial charge on any atom is -0.309 e. The van der Waals surface area contributed by atoms with Crippen molar-refractivity contribution < 1.29 is 0 Å². The lowest BCUT2D eigenvalue weighted by Crippen LogP contribution is -2.45. The van der Waals surface area contributed by atoms with Gasteiger partial charge < -0.3 is 9.80 Å². The van der Waals surface area contributed by atoms with Crippen LogP contribution >= 0.6 is 0 Å². The van der Waals surface area contributed by atoms with E-state index in [0.29, 0.717) is 6.04 Å². The zero-order valence-electron chi connectivity index (χ0n) is 14.3. The predicted molar refractivity (Wildman–Crippen MR) is 93.1 cm³/mol. The fourth-order valence-electron chi connectivity index (χ4n) is 3.90. The van der Waals surface area contributed by atoms with Gasteiger partial charge in [-0.3, -0.25) is 4.90 Å². The third-order valence-electron chi connectivity index (χ3n) is 5.19. The molecule has 2 aliphatic rings. The summed E-state index contributed by atoms with van der Waals surface area (Å²) in [5, 5.41) is 0. The van der Waals surface area contributed by atoms with Crippen LogP contribution in [-0.2, 0) is 6.54 Å². The molecule has 3 nitrogen and oxygen atoms in total. The van der Waals surface area contributed by atoms with Crippen LogP contribution < -0.4 is 0 Å². The first-order valence-electron chi connectivity index (χ1n) is 8.93. The van der Waals surface area contributed by atoms with Crippen molar-refractivity contribution in [1.82, 2.24) is 14.7 Å². The van der Waals surface area contributed by atoms with Gasteiger partial charge in [0, 0.05) is 32.2 Å². The fraction of sp³-hybridized carbons (Fsp3) is 0.684. The van der Waals surface area contributed by atoms with Gasteiger partial charge in [-0.15, -0.1) is 0 Å². The summed E-state index contributed by atoms with van der Waals surface area (Å²) in [6.45, 7) is 7.40. The Labute approximate surface area is 135 Å². The molecule has 1 unspecified atom stereocenters. The van der Waals surface area contributed by atoms with Gasteiger partial charge in [0.15, 0.2) is 0 Å². The van der Waals surface area contributed by atoms with E-state index in [4.69, 9.17) is 0 Å². The summed E-state index contributed by atoms with van der Waals surface area (Å²) in [4.78, 5) is 7.64. The van der Waals surface area contributed by atoms with Gasteiger partial charge in [0.2, 0.25) is 0 Å². The van der Waals surface area contributed by atoms with Crippen LogP contribution in [0, 0.1) is 0 Å². The molecule has 3 heteroatoms. The fourth-order valence-corrected chi connectivity index (χ4v) is 3.90. The molecule has 0 aromatic heterocycles. The Morgan fingerprint density at radius 3 is 2.73 bits per heavy atom. The van der Waals surface area contributed by atoms with Crippen molar-refractivity contribution in [1.29, 1.82) is 0 Å². The summed E-state index contributed by atoms with van der Waals surface area (Å²) in [6, 6.07) is 9.68. The number of rotatable bonds is 7. The number of piperazine rings is 1. The molecule has 1 aromatic rings. The highest BCUT2D eigenvalue weighted by atomic mass is 15.3. The van der Waals surface area contributed by atoms with Crippen LogP contribution in [0.25, 0.3) is 0 Å². The highest BCUT2D eigenvalue weighted by Gasteiger charge is 2.34. The second kappa shape index (κ2) is 7.58. The number of nitrogens with zero attached hydrogens (tertiary/aromatic N) is 3. The zero-order valence-corrected chi connectivity index (χ0v) is 14.3. The maximum absolute atomic E-state index is 2.69. The molecule has 1 atom stereocenters. The monoisotopic (exact) mass is 301 g/mol. The molecule has 2 aliphatic heterocycles. The Bertz CT molecular complexity index is 472. The van der Waals surface area contributed by atoms with E-state index in [1.165, 1.54) is 65.0 Å². The number of fused-ring (bicyclic) bond motifs is 3. The minimum absolute atomic E-state index is 0.652. The average molecular weight is 301 g/mol. The molecule has 0 aliphatic carbocycles. The minimum atomic E-state index is 0.652. The Balaban J connectivity index is 1.40. The number of benzene rings is 1. The van der Waals surface area contributed by atoms with E-state index in [-0.39, 0.29) is 0 Å². The van der Waals surface area contributed by atoms with E-state index < -0.39 is 0 Å². The van der Waals surface area contributed by atoms with Crippen molar-refractivity contribution in [2.75, 3.05) is 46.8 Å². The molecule has 0 amide bonds. The average Bonchev–Trinajstić information content (AvgIpc) is 2.88. The van der Waals surface area contributed by atoms with Crippen molar-refractivity contribution in [3.05, 3.63) is 35.4 Å². The maximum atomic E-state index is 2.69. The quantitative estimate of drug-likeness (QED) is 0.717. The predicted octanol–water partition coefficient (Wildman–Crippen LogP) is 2.98. The molecular formula is C19H31N3.